The van der Waals surface area contributed by atoms with Crippen molar-refractivity contribution in [3.63, 3.8) is 0 Å². The van der Waals surface area contributed by atoms with Gasteiger partial charge in [0.15, 0.2) is 0 Å². The highest BCUT2D eigenvalue weighted by atomic mass is 127. The summed E-state index contributed by atoms with van der Waals surface area (Å²) in [7, 11) is 0. The Bertz CT molecular complexity index is 5770. The van der Waals surface area contributed by atoms with Crippen molar-refractivity contribution in [3.05, 3.63) is 430 Å². The largest absolute Gasteiger partial charge is 0.444 e. The minimum Gasteiger partial charge on any atom is -0.444 e. The van der Waals surface area contributed by atoms with Gasteiger partial charge in [-0.15, -0.1) is 11.6 Å². The van der Waals surface area contributed by atoms with Gasteiger partial charge in [-0.2, -0.15) is 0 Å². The highest BCUT2D eigenvalue weighted by Gasteiger charge is 2.41. The second kappa shape index (κ2) is 38.3. The molecule has 0 saturated carbocycles. The minimum atomic E-state index is -0.619. The number of benzene rings is 12. The molecule has 3 amide bonds. The van der Waals surface area contributed by atoms with Gasteiger partial charge in [-0.1, -0.05) is 276 Å². The molecule has 15 nitrogen and oxygen atoms in total. The maximum atomic E-state index is 15.3. The average Bonchev–Trinajstić information content (AvgIpc) is 1.70. The zero-order valence-electron chi connectivity index (χ0n) is 66.9. The molecule has 15 aromatic rings. The van der Waals surface area contributed by atoms with Crippen LogP contribution in [0.5, 0.6) is 0 Å². The number of anilines is 3. The van der Waals surface area contributed by atoms with Crippen molar-refractivity contribution in [2.24, 2.45) is 0 Å². The monoisotopic (exact) mass is 1740 g/mol. The summed E-state index contributed by atoms with van der Waals surface area (Å²) < 4.78 is 65.7. The molecule has 3 fully saturated rings. The number of halogens is 5. The number of carbonyl (C=O) groups excluding carboxylic acids is 3. The topological polar surface area (TPSA) is 153 Å². The van der Waals surface area contributed by atoms with E-state index in [1.54, 1.807) is 48.9 Å². The lowest BCUT2D eigenvalue weighted by Crippen LogP contribution is -2.36. The Hall–Kier alpha value is -13.1. The molecule has 1 N–H and O–H groups in total. The van der Waals surface area contributed by atoms with Gasteiger partial charge in [-0.25, -0.2) is 42.5 Å². The van der Waals surface area contributed by atoms with E-state index in [2.05, 4.69) is 223 Å². The van der Waals surface area contributed by atoms with Crippen LogP contribution in [0.25, 0.3) is 33.4 Å². The molecule has 18 rings (SSSR count). The number of hydrogen-bond acceptors (Lipinski definition) is 9. The van der Waals surface area contributed by atoms with E-state index in [-0.39, 0.29) is 35.8 Å². The molecule has 3 aliphatic heterocycles. The number of imidazole rings is 3. The summed E-state index contributed by atoms with van der Waals surface area (Å²) in [4.78, 5) is 57.0. The van der Waals surface area contributed by atoms with Gasteiger partial charge in [0.2, 0.25) is 0 Å². The van der Waals surface area contributed by atoms with E-state index < -0.39 is 29.4 Å². The molecule has 3 aliphatic rings. The third-order valence-corrected chi connectivity index (χ3v) is 23.0. The maximum Gasteiger partial charge on any atom is 0.414 e. The number of nitrogens with zero attached hydrogens (tertiary/aromatic N) is 8. The fourth-order valence-corrected chi connectivity index (χ4v) is 16.4. The molecule has 608 valence electrons. The van der Waals surface area contributed by atoms with E-state index in [9.17, 15) is 23.2 Å². The van der Waals surface area contributed by atoms with E-state index in [0.29, 0.717) is 65.7 Å². The number of rotatable bonds is 22. The first-order chi connectivity index (χ1) is 59.1. The number of aromatic amines is 1. The van der Waals surface area contributed by atoms with Gasteiger partial charge in [-0.05, 0) is 163 Å². The normalized spacial score (nSPS) is 15.0. The number of carbonyl (C=O) groups is 3. The van der Waals surface area contributed by atoms with Gasteiger partial charge >= 0.3 is 18.3 Å². The molecule has 121 heavy (non-hydrogen) atoms. The van der Waals surface area contributed by atoms with Gasteiger partial charge in [0.1, 0.15) is 50.5 Å². The molecule has 12 aromatic carbocycles. The third kappa shape index (κ3) is 18.4. The van der Waals surface area contributed by atoms with Crippen LogP contribution in [-0.2, 0) is 44.0 Å². The van der Waals surface area contributed by atoms with Crippen molar-refractivity contribution in [1.29, 1.82) is 0 Å². The Morgan fingerprint density at radius 2 is 0.719 bits per heavy atom. The Balaban J connectivity index is 0.000000132. The molecule has 0 aliphatic carbocycles. The van der Waals surface area contributed by atoms with Crippen LogP contribution in [0.15, 0.2) is 347 Å². The van der Waals surface area contributed by atoms with Crippen molar-refractivity contribution in [3.8, 4) is 33.4 Å². The lowest BCUT2D eigenvalue weighted by Gasteiger charge is -2.37. The Morgan fingerprint density at radius 1 is 0.405 bits per heavy atom. The fourth-order valence-electron chi connectivity index (χ4n) is 15.8. The summed E-state index contributed by atoms with van der Waals surface area (Å²) >= 11 is 8.03. The summed E-state index contributed by atoms with van der Waals surface area (Å²) in [6, 6.07) is 101. The lowest BCUT2D eigenvalue weighted by atomic mass is 9.77. The zero-order valence-corrected chi connectivity index (χ0v) is 69.8. The van der Waals surface area contributed by atoms with Crippen LogP contribution < -0.4 is 14.7 Å². The first-order valence-corrected chi connectivity index (χ1v) is 42.0. The first-order valence-electron chi connectivity index (χ1n) is 40.3. The van der Waals surface area contributed by atoms with Crippen LogP contribution >= 0.6 is 34.2 Å². The van der Waals surface area contributed by atoms with Gasteiger partial charge in [-0.3, -0.25) is 14.7 Å². The van der Waals surface area contributed by atoms with Crippen molar-refractivity contribution in [1.82, 2.24) is 29.1 Å². The van der Waals surface area contributed by atoms with E-state index in [0.717, 1.165) is 90.8 Å². The lowest BCUT2D eigenvalue weighted by molar-refractivity contribution is 0.138. The zero-order chi connectivity index (χ0) is 83.8. The molecule has 0 spiro atoms. The molecule has 0 bridgehead atoms. The van der Waals surface area contributed by atoms with Crippen LogP contribution in [0.3, 0.4) is 0 Å². The summed E-state index contributed by atoms with van der Waals surface area (Å²) in [5.74, 6) is -0.677. The predicted molar refractivity (Wildman–Crippen MR) is 479 cm³/mol. The highest BCUT2D eigenvalue weighted by molar-refractivity contribution is 14.1. The molecule has 3 aromatic heterocycles. The summed E-state index contributed by atoms with van der Waals surface area (Å²) in [5, 5.41) is 0. The van der Waals surface area contributed by atoms with Crippen LogP contribution in [0, 0.1) is 21.2 Å². The van der Waals surface area contributed by atoms with Gasteiger partial charge in [0.05, 0.1) is 61.4 Å². The number of H-pyrrole nitrogens is 1. The van der Waals surface area contributed by atoms with Crippen LogP contribution in [-0.4, -0.2) is 85.3 Å². The minimum absolute atomic E-state index is 0.131. The summed E-state index contributed by atoms with van der Waals surface area (Å²) in [6.07, 6.45) is 13.4. The Kier molecular flexibility index (Phi) is 26.3. The molecule has 20 heteroatoms. The molecule has 0 unspecified atom stereocenters. The van der Waals surface area contributed by atoms with Gasteiger partial charge in [0, 0.05) is 59.7 Å². The highest BCUT2D eigenvalue weighted by Crippen LogP contribution is 2.44. The van der Waals surface area contributed by atoms with Crippen LogP contribution in [0.1, 0.15) is 101 Å². The molecular weight excluding hydrogens is 1650 g/mol. The van der Waals surface area contributed by atoms with Crippen molar-refractivity contribution < 1.29 is 41.8 Å². The second-order valence-electron chi connectivity index (χ2n) is 29.7. The van der Waals surface area contributed by atoms with Crippen molar-refractivity contribution >= 4 is 69.5 Å². The first kappa shape index (κ1) is 83.0. The molecular formula is C101H88ClF3IN9O6. The number of nitrogens with one attached hydrogen (secondary N) is 1. The van der Waals surface area contributed by atoms with E-state index in [4.69, 9.17) is 30.8 Å². The molecule has 3 saturated heterocycles. The van der Waals surface area contributed by atoms with Crippen molar-refractivity contribution in [2.45, 2.75) is 88.1 Å². The maximum absolute atomic E-state index is 15.3. The molecule has 6 heterocycles. The number of cyclic esters (lactones) is 3. The standard InChI is InChI=1S/C40H34FN3O2.C22H17IN2.C21H20FN3O2.C18H17ClFNO2/c1-2-36-27-44(39(45)46-36)35-22-23-37(38(41)25-35)30-20-18-29(19-21-30)24-34-26-43(28-42-34)40(31-12-6-3-7-13-31,32-14-8-4-9-15-32)33-16-10-5-11-17-33;23-21-16-25(17-24-21)22(18-10-4-1-5-11-18,19-12-6-2-7-13-19)20-14-8-3-9-15-20;1-2-18-12-25(21(26)27-18)17-7-8-19(20(22)10-17)15-5-3-14(4-6-15)9-16-11-23-13-24-16;1-2-15-11-21(18(22)23-15)14-7-8-16(17(20)9-14)13-5-3-12(10-19)4-6-13/h3-23,25-26,28,36H,2,24,27H2,1H3;1-17H;3-8,10-11,13,18H,2,9,12H2,1H3,(H,23,24);3-9,15H,2,10-11H2,1H3/t36-;;18-;15-/m0.00/s1. The predicted octanol–water partition coefficient (Wildman–Crippen LogP) is 23.7. The fraction of sp³-hybridized carbons (Fsp3) is 0.168. The Morgan fingerprint density at radius 3 is 1.00 bits per heavy atom. The molecule has 3 atom stereocenters. The number of amides is 3. The van der Waals surface area contributed by atoms with Crippen LogP contribution in [0.4, 0.5) is 44.6 Å². The van der Waals surface area contributed by atoms with E-state index in [1.807, 2.05) is 124 Å². The van der Waals surface area contributed by atoms with Crippen molar-refractivity contribution in [2.75, 3.05) is 34.3 Å². The van der Waals surface area contributed by atoms with Gasteiger partial charge < -0.3 is 28.3 Å². The van der Waals surface area contributed by atoms with Gasteiger partial charge in [0.25, 0.3) is 0 Å². The second-order valence-corrected chi connectivity index (χ2v) is 31.1. The smallest absolute Gasteiger partial charge is 0.414 e. The molecule has 0 radical (unpaired) electrons. The number of ether oxygens (including phenoxy) is 3. The Labute approximate surface area is 720 Å². The third-order valence-electron chi connectivity index (χ3n) is 22.2. The number of aromatic nitrogens is 6. The van der Waals surface area contributed by atoms with E-state index in [1.165, 1.54) is 49.6 Å². The number of alkyl halides is 1. The summed E-state index contributed by atoms with van der Waals surface area (Å²) in [6.45, 7) is 7.22. The quantitative estimate of drug-likeness (QED) is 0.0302. The van der Waals surface area contributed by atoms with E-state index >= 15 is 4.39 Å². The van der Waals surface area contributed by atoms with Crippen LogP contribution in [0.2, 0.25) is 0 Å². The SMILES string of the molecule is CC[C@H]1CN(c2ccc(-c3ccc(CCl)cc3)c(F)c2)C(=O)O1.CC[C@H]1CN(c2ccc(-c3ccc(Cc4cn(C(c5ccccc5)(c5ccccc5)c5ccccc5)cn4)cc3)c(F)c2)C(=O)O1.CC[C@H]1CN(c2ccc(-c3ccc(Cc4cnc[nH]4)cc3)c(F)c2)C(=O)O1.Ic1cn(C(c2ccccc2)(c2ccccc2)c2ccccc2)cn1. The average molecular weight is 1740 g/mol. The summed E-state index contributed by atoms with van der Waals surface area (Å²) in [5.41, 5.74) is 16.5. The number of hydrogen-bond donors (Lipinski definition) is 1.